The summed E-state index contributed by atoms with van der Waals surface area (Å²) in [4.78, 5) is 20.2. The highest BCUT2D eigenvalue weighted by atomic mass is 16.4. The highest BCUT2D eigenvalue weighted by Gasteiger charge is 2.34. The van der Waals surface area contributed by atoms with Crippen LogP contribution in [0.4, 0.5) is 0 Å². The van der Waals surface area contributed by atoms with Crippen molar-refractivity contribution in [1.29, 1.82) is 0 Å². The van der Waals surface area contributed by atoms with Gasteiger partial charge in [0.1, 0.15) is 36.6 Å². The van der Waals surface area contributed by atoms with Crippen molar-refractivity contribution in [2.24, 2.45) is 0 Å². The second-order valence-corrected chi connectivity index (χ2v) is 5.03. The summed E-state index contributed by atoms with van der Waals surface area (Å²) in [5, 5.41) is 104. The lowest BCUT2D eigenvalue weighted by Gasteiger charge is -2.23. The predicted octanol–water partition coefficient (Wildman–Crippen LogP) is -6.99. The minimum atomic E-state index is -2.20. The molecular formula is C12H24O14. The SMILES string of the molecule is O=C(O)[C@H](O)[C@@H](O)[C@H](O)[C@H](O)CO.O=C(O)[C@H](O)[C@@H](O)[C@H](O)[C@H](O)CO. The van der Waals surface area contributed by atoms with Crippen LogP contribution < -0.4 is 0 Å². The van der Waals surface area contributed by atoms with Crippen LogP contribution in [0.15, 0.2) is 0 Å². The average Bonchev–Trinajstić information content (AvgIpc) is 2.62. The van der Waals surface area contributed by atoms with Crippen molar-refractivity contribution >= 4 is 11.9 Å². The lowest BCUT2D eigenvalue weighted by atomic mass is 10.0. The van der Waals surface area contributed by atoms with Gasteiger partial charge in [-0.05, 0) is 0 Å². The third-order valence-corrected chi connectivity index (χ3v) is 3.02. The second-order valence-electron chi connectivity index (χ2n) is 5.03. The smallest absolute Gasteiger partial charge is 0.335 e. The fourth-order valence-electron chi connectivity index (χ4n) is 1.34. The van der Waals surface area contributed by atoms with Crippen molar-refractivity contribution in [2.45, 2.75) is 48.8 Å². The molecule has 0 rings (SSSR count). The highest BCUT2D eigenvalue weighted by molar-refractivity contribution is 5.73. The molecule has 0 radical (unpaired) electrons. The summed E-state index contributed by atoms with van der Waals surface area (Å²) in [6.07, 6.45) is -15.7. The van der Waals surface area contributed by atoms with Gasteiger partial charge < -0.3 is 61.3 Å². The summed E-state index contributed by atoms with van der Waals surface area (Å²) in [5.41, 5.74) is 0. The molecule has 0 aromatic carbocycles. The summed E-state index contributed by atoms with van der Waals surface area (Å²) >= 11 is 0. The quantitative estimate of drug-likeness (QED) is 0.165. The molecule has 0 fully saturated rings. The van der Waals surface area contributed by atoms with Crippen molar-refractivity contribution in [3.05, 3.63) is 0 Å². The molecule has 0 saturated heterocycles. The van der Waals surface area contributed by atoms with Crippen molar-refractivity contribution in [3.63, 3.8) is 0 Å². The molecule has 0 aliphatic heterocycles. The molecule has 12 N–H and O–H groups in total. The van der Waals surface area contributed by atoms with Gasteiger partial charge >= 0.3 is 11.9 Å². The molecule has 0 saturated carbocycles. The molecule has 0 unspecified atom stereocenters. The standard InChI is InChI=1S/2C6H12O7/c2*7-1-2(8)3(9)4(10)5(11)6(12)13/h2*2-5,7-11H,1H2,(H,12,13)/t2*2-,3-,4+,5-/m11/s1. The van der Waals surface area contributed by atoms with Crippen molar-refractivity contribution in [3.8, 4) is 0 Å². The number of hydrogen-bond acceptors (Lipinski definition) is 12. The largest absolute Gasteiger partial charge is 0.479 e. The fraction of sp³-hybridized carbons (Fsp3) is 0.833. The molecule has 0 aliphatic carbocycles. The van der Waals surface area contributed by atoms with Crippen molar-refractivity contribution in [2.75, 3.05) is 13.2 Å². The van der Waals surface area contributed by atoms with E-state index in [0.717, 1.165) is 0 Å². The Hall–Kier alpha value is -1.46. The van der Waals surface area contributed by atoms with Crippen molar-refractivity contribution < 1.29 is 70.9 Å². The Bertz CT molecular complexity index is 379. The van der Waals surface area contributed by atoms with E-state index in [-0.39, 0.29) is 0 Å². The maximum absolute atomic E-state index is 10.1. The molecule has 8 atom stereocenters. The molecular weight excluding hydrogens is 368 g/mol. The summed E-state index contributed by atoms with van der Waals surface area (Å²) in [6, 6.07) is 0. The van der Waals surface area contributed by atoms with Gasteiger partial charge in [0, 0.05) is 0 Å². The van der Waals surface area contributed by atoms with E-state index in [2.05, 4.69) is 0 Å². The van der Waals surface area contributed by atoms with Crippen LogP contribution in [0.1, 0.15) is 0 Å². The third kappa shape index (κ3) is 8.77. The van der Waals surface area contributed by atoms with E-state index in [0.29, 0.717) is 0 Å². The Morgan fingerprint density at radius 1 is 0.538 bits per heavy atom. The van der Waals surface area contributed by atoms with Gasteiger partial charge in [-0.15, -0.1) is 0 Å². The van der Waals surface area contributed by atoms with Crippen molar-refractivity contribution in [1.82, 2.24) is 0 Å². The predicted molar refractivity (Wildman–Crippen MR) is 77.5 cm³/mol. The Labute approximate surface area is 146 Å². The number of carbonyl (C=O) groups is 2. The van der Waals surface area contributed by atoms with Crippen LogP contribution in [0.3, 0.4) is 0 Å². The maximum atomic E-state index is 10.1. The molecule has 0 aliphatic rings. The van der Waals surface area contributed by atoms with Crippen LogP contribution >= 0.6 is 0 Å². The lowest BCUT2D eigenvalue weighted by molar-refractivity contribution is -0.164. The molecule has 0 aromatic heterocycles. The van der Waals surface area contributed by atoms with Crippen LogP contribution in [0.5, 0.6) is 0 Å². The van der Waals surface area contributed by atoms with E-state index in [9.17, 15) is 9.59 Å². The first-order valence-corrected chi connectivity index (χ1v) is 6.95. The maximum Gasteiger partial charge on any atom is 0.335 e. The van der Waals surface area contributed by atoms with Gasteiger partial charge in [0.25, 0.3) is 0 Å². The third-order valence-electron chi connectivity index (χ3n) is 3.02. The lowest BCUT2D eigenvalue weighted by Crippen LogP contribution is -2.48. The fourth-order valence-corrected chi connectivity index (χ4v) is 1.34. The Morgan fingerprint density at radius 3 is 0.923 bits per heavy atom. The van der Waals surface area contributed by atoms with Gasteiger partial charge in [0.05, 0.1) is 13.2 Å². The van der Waals surface area contributed by atoms with Crippen LogP contribution in [-0.2, 0) is 9.59 Å². The zero-order valence-corrected chi connectivity index (χ0v) is 13.2. The van der Waals surface area contributed by atoms with Gasteiger partial charge in [0.2, 0.25) is 0 Å². The zero-order chi connectivity index (χ0) is 21.2. The van der Waals surface area contributed by atoms with E-state index in [4.69, 9.17) is 61.3 Å². The minimum Gasteiger partial charge on any atom is -0.479 e. The summed E-state index contributed by atoms with van der Waals surface area (Å²) in [5.74, 6) is -3.45. The molecule has 0 spiro atoms. The Morgan fingerprint density at radius 2 is 0.769 bits per heavy atom. The van der Waals surface area contributed by atoms with Crippen LogP contribution in [0.2, 0.25) is 0 Å². The van der Waals surface area contributed by atoms with E-state index < -0.39 is 74.0 Å². The summed E-state index contributed by atoms with van der Waals surface area (Å²) in [7, 11) is 0. The van der Waals surface area contributed by atoms with E-state index in [1.165, 1.54) is 0 Å². The summed E-state index contributed by atoms with van der Waals surface area (Å²) < 4.78 is 0. The number of aliphatic hydroxyl groups is 10. The number of rotatable bonds is 10. The van der Waals surface area contributed by atoms with Gasteiger partial charge in [0.15, 0.2) is 12.2 Å². The minimum absolute atomic E-state index is 0.843. The first-order chi connectivity index (χ1) is 11.8. The average molecular weight is 392 g/mol. The van der Waals surface area contributed by atoms with Crippen LogP contribution in [-0.4, -0.2) is 135 Å². The molecule has 14 heteroatoms. The number of carboxylic acids is 2. The molecule has 0 heterocycles. The first-order valence-electron chi connectivity index (χ1n) is 6.95. The number of carboxylic acid groups (broad SMARTS) is 2. The topological polar surface area (TPSA) is 277 Å². The first kappa shape index (κ1) is 26.8. The van der Waals surface area contributed by atoms with Crippen LogP contribution in [0, 0.1) is 0 Å². The zero-order valence-electron chi connectivity index (χ0n) is 13.2. The second kappa shape index (κ2) is 12.8. The summed E-state index contributed by atoms with van der Waals surface area (Å²) in [6.45, 7) is -1.69. The number of aliphatic hydroxyl groups excluding tert-OH is 10. The number of hydrogen-bond donors (Lipinski definition) is 12. The van der Waals surface area contributed by atoms with Crippen LogP contribution in [0.25, 0.3) is 0 Å². The van der Waals surface area contributed by atoms with E-state index in [1.54, 1.807) is 0 Å². The Balaban J connectivity index is 0. The molecule has 26 heavy (non-hydrogen) atoms. The van der Waals surface area contributed by atoms with Gasteiger partial charge in [-0.25, -0.2) is 9.59 Å². The molecule has 0 amide bonds. The molecule has 14 nitrogen and oxygen atoms in total. The van der Waals surface area contributed by atoms with E-state index in [1.807, 2.05) is 0 Å². The monoisotopic (exact) mass is 392 g/mol. The molecule has 156 valence electrons. The normalized spacial score (nSPS) is 20.4. The van der Waals surface area contributed by atoms with Gasteiger partial charge in [-0.1, -0.05) is 0 Å². The highest BCUT2D eigenvalue weighted by Crippen LogP contribution is 2.05. The van der Waals surface area contributed by atoms with Gasteiger partial charge in [-0.2, -0.15) is 0 Å². The van der Waals surface area contributed by atoms with E-state index >= 15 is 0 Å². The Kier molecular flexibility index (Phi) is 13.2. The number of aliphatic carboxylic acids is 2. The molecule has 0 aromatic rings. The van der Waals surface area contributed by atoms with Gasteiger partial charge in [-0.3, -0.25) is 0 Å². The molecule has 0 bridgehead atoms.